The average molecular weight is 1430 g/mol. The topological polar surface area (TPSA) is 230 Å². The number of Topliss-reactive ketones (excluding diaryl/α,β-unsaturated/α-hetero) is 2. The van der Waals surface area contributed by atoms with Crippen LogP contribution < -0.4 is 31.4 Å². The largest absolute Gasteiger partial charge is 0.483 e. The van der Waals surface area contributed by atoms with Crippen LogP contribution in [0.5, 0.6) is 11.5 Å². The van der Waals surface area contributed by atoms with E-state index in [4.69, 9.17) is 29.5 Å². The molecule has 16 nitrogen and oxygen atoms in total. The molecule has 91 heavy (non-hydrogen) atoms. The zero-order chi connectivity index (χ0) is 66.9. The van der Waals surface area contributed by atoms with E-state index in [1.807, 2.05) is 50.2 Å². The van der Waals surface area contributed by atoms with Crippen LogP contribution in [0.15, 0.2) is 124 Å². The molecule has 3 aliphatic rings. The molecule has 1 aliphatic heterocycles. The van der Waals surface area contributed by atoms with Crippen molar-refractivity contribution in [2.75, 3.05) is 32.9 Å². The van der Waals surface area contributed by atoms with Crippen LogP contribution in [0.4, 0.5) is 17.6 Å². The molecule has 0 bridgehead atoms. The van der Waals surface area contributed by atoms with Gasteiger partial charge in [0.15, 0.2) is 23.0 Å². The fourth-order valence-electron chi connectivity index (χ4n) is 9.86. The van der Waals surface area contributed by atoms with E-state index in [-0.39, 0.29) is 130 Å². The predicted molar refractivity (Wildman–Crippen MR) is 373 cm³/mol. The molecule has 6 aromatic rings. The van der Waals surface area contributed by atoms with Crippen LogP contribution in [0.25, 0.3) is 0 Å². The number of hydrogen-bond donors (Lipinski definition) is 4. The summed E-state index contributed by atoms with van der Waals surface area (Å²) < 4.78 is 77.7. The number of fused-ring (bicyclic) bond motifs is 2. The highest BCUT2D eigenvalue weighted by molar-refractivity contribution is 9.10. The summed E-state index contributed by atoms with van der Waals surface area (Å²) in [5, 5.41) is 22.1. The number of ketones is 2. The normalized spacial score (nSPS) is 18.0. The number of aliphatic hydroxyl groups is 2. The first-order valence-corrected chi connectivity index (χ1v) is 44.6. The second-order valence-corrected chi connectivity index (χ2v) is 53.0. The van der Waals surface area contributed by atoms with Gasteiger partial charge in [0.2, 0.25) is 16.6 Å². The molecule has 492 valence electrons. The maximum absolute atomic E-state index is 14.2. The van der Waals surface area contributed by atoms with Gasteiger partial charge in [0.05, 0.1) is 17.7 Å². The molecule has 5 N–H and O–H groups in total. The number of hydrogen-bond acceptors (Lipinski definition) is 14. The minimum Gasteiger partial charge on any atom is -0.483 e. The number of rotatable bonds is 25. The molecule has 6 unspecified atom stereocenters. The van der Waals surface area contributed by atoms with E-state index < -0.39 is 68.7 Å². The van der Waals surface area contributed by atoms with E-state index in [9.17, 15) is 51.4 Å². The lowest BCUT2D eigenvalue weighted by atomic mass is 9.99. The molecule has 2 aliphatic carbocycles. The Labute approximate surface area is 544 Å². The number of nitrogens with zero attached hydrogens (tertiary/aromatic N) is 2. The number of nitrogens with one attached hydrogen (secondary N) is 1. The summed E-state index contributed by atoms with van der Waals surface area (Å²) in [6.07, 6.45) is 3.30. The van der Waals surface area contributed by atoms with Crippen molar-refractivity contribution in [3.05, 3.63) is 198 Å². The van der Waals surface area contributed by atoms with Gasteiger partial charge in [-0.3, -0.25) is 24.0 Å². The summed E-state index contributed by atoms with van der Waals surface area (Å²) >= 11 is 0. The summed E-state index contributed by atoms with van der Waals surface area (Å²) in [6.45, 7) is 11.5. The van der Waals surface area contributed by atoms with Gasteiger partial charge in [0, 0.05) is 86.9 Å². The monoisotopic (exact) mass is 1430 g/mol. The highest BCUT2D eigenvalue weighted by Gasteiger charge is 2.61. The van der Waals surface area contributed by atoms with E-state index >= 15 is 0 Å². The zero-order valence-electron chi connectivity index (χ0n) is 51.1. The molecule has 9 rings (SSSR count). The zero-order valence-corrected chi connectivity index (χ0v) is 60.5. The van der Waals surface area contributed by atoms with E-state index in [1.54, 1.807) is 40.7 Å². The van der Waals surface area contributed by atoms with Crippen LogP contribution >= 0.6 is 73.6 Å². The van der Waals surface area contributed by atoms with Crippen LogP contribution in [0.1, 0.15) is 124 Å². The molecule has 29 heteroatoms. The quantitative estimate of drug-likeness (QED) is 0.0181. The van der Waals surface area contributed by atoms with Gasteiger partial charge in [-0.2, -0.15) is 0 Å². The lowest BCUT2D eigenvalue weighted by Gasteiger charge is -2.40. The van der Waals surface area contributed by atoms with Crippen molar-refractivity contribution >= 4 is 97.0 Å². The lowest BCUT2D eigenvalue weighted by Crippen LogP contribution is -2.52. The number of aromatic nitrogens is 1. The highest BCUT2D eigenvalue weighted by Crippen LogP contribution is 3.04. The van der Waals surface area contributed by atoms with Crippen molar-refractivity contribution < 1.29 is 65.6 Å². The Hall–Kier alpha value is -3.91. The average Bonchev–Trinajstić information content (AvgIpc) is 1.55. The lowest BCUT2D eigenvalue weighted by molar-refractivity contribution is 0.0476. The number of aryl methyl sites for hydroxylation is 2. The van der Waals surface area contributed by atoms with E-state index in [0.717, 1.165) is 62.6 Å². The number of carbonyl (C=O) groups is 4. The second kappa shape index (κ2) is 35.7. The van der Waals surface area contributed by atoms with E-state index in [1.165, 1.54) is 18.3 Å². The standard InChI is InChI=1S/C30H30F2N2O5.C24H20F2O6.C8H18N2O.H11P9/c1-18(2)33-17-30(13-21(30)15-35)34-14-23(25(36)11-9-20-8-10-22(31)12-24(20)32)27(37)28(26(34)29(33)38)39-16-19-6-4-3-5-7-19;1-2-30-24(29)23-22(31-13-15-6-4-3-5-7-15)21(28)18(14-32-23)20(27)11-9-16-8-10-17(25)12-19(16)26;1-6(2)10-5-8(9)3-7(8)4-11;1-6-9(7(2)3)8(4)5/h3-8,10,12,14,18,21,35H,9,11,13,15-17H2,1-2H3;3-8,10,12,14H,2,9,11,13H2,1H3;6-7,10-11H,3-5,9H2,1-2H3;6H,1-5H2/t21-,30-;;7-,8-;/m1.1./s1. The highest BCUT2D eigenvalue weighted by atomic mass is 33.2. The first-order chi connectivity index (χ1) is 43.2. The van der Waals surface area contributed by atoms with Gasteiger partial charge in [-0.25, -0.2) is 22.4 Å². The van der Waals surface area contributed by atoms with Crippen molar-refractivity contribution in [1.29, 1.82) is 0 Å². The number of benzene rings is 4. The van der Waals surface area contributed by atoms with Gasteiger partial charge in [0.25, 0.3) is 11.7 Å². The number of amides is 1. The SMILES string of the molecule is CC(C)N1C[C@@]2(C[C@@H]2CO)n2cc(C(=O)CCc3ccc(F)cc3F)c(=O)c(OCc3ccccc3)c2C1=O.CC(C)NC[C@]1(N)C[C@@H]1CO.CCOC(=O)c1occ(C(=O)CCc2ccc(F)cc2F)c(=O)c1OCc1ccccc1.PPP(P(P)P)P(P)P. The Morgan fingerprint density at radius 2 is 1.25 bits per heavy atom. The molecule has 0 saturated heterocycles. The molecule has 1 amide bonds. The van der Waals surface area contributed by atoms with Crippen LogP contribution in [0.2, 0.25) is 0 Å². The van der Waals surface area contributed by atoms with Crippen LogP contribution in [0, 0.1) is 35.1 Å². The molecule has 4 aromatic carbocycles. The second-order valence-electron chi connectivity index (χ2n) is 22.4. The molecule has 2 saturated carbocycles. The third-order valence-electron chi connectivity index (χ3n) is 15.2. The number of ether oxygens (including phenoxy) is 3. The van der Waals surface area contributed by atoms with Crippen molar-refractivity contribution in [3.63, 3.8) is 0 Å². The van der Waals surface area contributed by atoms with Gasteiger partial charge < -0.3 is 49.4 Å². The van der Waals surface area contributed by atoms with Crippen LogP contribution in [0.3, 0.4) is 0 Å². The summed E-state index contributed by atoms with van der Waals surface area (Å²) in [5.74, 6) is -6.39. The summed E-state index contributed by atoms with van der Waals surface area (Å²) in [4.78, 5) is 80.2. The minimum absolute atomic E-state index is 0.00685. The van der Waals surface area contributed by atoms with Crippen LogP contribution in [-0.4, -0.2) is 93.7 Å². The number of nitrogens with two attached hydrogens (primary N) is 1. The summed E-state index contributed by atoms with van der Waals surface area (Å²) in [7, 11) is 15.6. The number of aliphatic hydroxyl groups excluding tert-OH is 2. The van der Waals surface area contributed by atoms with E-state index in [0.29, 0.717) is 31.9 Å². The van der Waals surface area contributed by atoms with Crippen molar-refractivity contribution in [2.45, 2.75) is 110 Å². The van der Waals surface area contributed by atoms with Gasteiger partial charge >= 0.3 is 5.97 Å². The van der Waals surface area contributed by atoms with Gasteiger partial charge in [-0.15, -0.1) is 44.6 Å². The Balaban J connectivity index is 0.000000225. The maximum Gasteiger partial charge on any atom is 0.378 e. The Kier molecular flexibility index (Phi) is 29.9. The summed E-state index contributed by atoms with van der Waals surface area (Å²) in [6, 6.07) is 24.5. The maximum atomic E-state index is 14.2. The molecule has 1 spiro atoms. The Bertz CT molecular complexity index is 3590. The Morgan fingerprint density at radius 3 is 1.68 bits per heavy atom. The molecule has 2 fully saturated rings. The first-order valence-electron chi connectivity index (χ1n) is 29.0. The molecule has 0 radical (unpaired) electrons. The number of carbonyl (C=O) groups excluding carboxylic acids is 4. The fraction of sp³-hybridized carbons (Fsp3) is 0.387. The number of esters is 1. The van der Waals surface area contributed by atoms with Crippen molar-refractivity contribution in [3.8, 4) is 11.5 Å². The minimum atomic E-state index is -0.903. The van der Waals surface area contributed by atoms with Crippen molar-refractivity contribution in [2.24, 2.45) is 17.6 Å². The summed E-state index contributed by atoms with van der Waals surface area (Å²) in [5.41, 5.74) is 4.95. The number of halogens is 4. The predicted octanol–water partition coefficient (Wildman–Crippen LogP) is 13.1. The molecule has 2 aromatic heterocycles. The van der Waals surface area contributed by atoms with Gasteiger partial charge in [-0.05, 0) is 102 Å². The third kappa shape index (κ3) is 20.8. The Morgan fingerprint density at radius 1 is 0.747 bits per heavy atom. The molecular weight excluding hydrogens is 1350 g/mol. The fourth-order valence-corrected chi connectivity index (χ4v) is 71.0. The van der Waals surface area contributed by atoms with Gasteiger partial charge in [0.1, 0.15) is 48.3 Å². The van der Waals surface area contributed by atoms with Gasteiger partial charge in [-0.1, -0.05) is 94.6 Å². The molecular formula is C62H79F4N4O12P9. The third-order valence-corrected chi connectivity index (χ3v) is 59.5. The number of pyridine rings is 1. The smallest absolute Gasteiger partial charge is 0.378 e. The van der Waals surface area contributed by atoms with E-state index in [2.05, 4.69) is 63.8 Å². The van der Waals surface area contributed by atoms with Crippen LogP contribution in [-0.2, 0) is 36.3 Å². The van der Waals surface area contributed by atoms with Crippen molar-refractivity contribution in [1.82, 2.24) is 14.8 Å². The first kappa shape index (κ1) is 76.1. The molecule has 3 heterocycles. The molecule has 10 atom stereocenters.